The van der Waals surface area contributed by atoms with E-state index in [0.29, 0.717) is 13.1 Å². The van der Waals surface area contributed by atoms with Crippen LogP contribution in [0.25, 0.3) is 0 Å². The van der Waals surface area contributed by atoms with Gasteiger partial charge in [-0.15, -0.1) is 0 Å². The van der Waals surface area contributed by atoms with E-state index in [1.54, 1.807) is 19.1 Å². The molecule has 27 heavy (non-hydrogen) atoms. The highest BCUT2D eigenvalue weighted by Gasteiger charge is 2.42. The standard InChI is InChI=1S/C19H25N3O5/c1-20-16(18(24)21(2)19(20)25)12-17(23)22-10-8-15(9-11-22)27-14-6-4-13(26-3)5-7-14/h4-7,15-16H,8-12H2,1-3H3. The smallest absolute Gasteiger partial charge is 0.326 e. The lowest BCUT2D eigenvalue weighted by molar-refractivity contribution is -0.137. The van der Waals surface area contributed by atoms with Crippen molar-refractivity contribution in [3.63, 3.8) is 0 Å². The second kappa shape index (κ2) is 7.85. The molecular formula is C19H25N3O5. The molecule has 2 aliphatic heterocycles. The third-order valence-corrected chi connectivity index (χ3v) is 5.20. The zero-order valence-electron chi connectivity index (χ0n) is 15.9. The molecule has 3 rings (SSSR count). The number of ether oxygens (including phenoxy) is 2. The van der Waals surface area contributed by atoms with Gasteiger partial charge < -0.3 is 19.3 Å². The Hall–Kier alpha value is -2.77. The topological polar surface area (TPSA) is 79.4 Å². The highest BCUT2D eigenvalue weighted by atomic mass is 16.5. The Balaban J connectivity index is 1.49. The van der Waals surface area contributed by atoms with Gasteiger partial charge in [0, 0.05) is 40.0 Å². The van der Waals surface area contributed by atoms with Crippen LogP contribution < -0.4 is 9.47 Å². The van der Waals surface area contributed by atoms with Gasteiger partial charge >= 0.3 is 6.03 Å². The number of urea groups is 1. The highest BCUT2D eigenvalue weighted by molar-refractivity contribution is 6.05. The molecule has 4 amide bonds. The Morgan fingerprint density at radius 2 is 1.67 bits per heavy atom. The minimum absolute atomic E-state index is 0.0232. The molecular weight excluding hydrogens is 350 g/mol. The third-order valence-electron chi connectivity index (χ3n) is 5.20. The number of benzene rings is 1. The van der Waals surface area contributed by atoms with Crippen molar-refractivity contribution < 1.29 is 23.9 Å². The zero-order valence-corrected chi connectivity index (χ0v) is 15.9. The number of rotatable bonds is 5. The SMILES string of the molecule is COc1ccc(OC2CCN(C(=O)CC3C(=O)N(C)C(=O)N3C)CC2)cc1. The first kappa shape index (κ1) is 19.0. The van der Waals surface area contributed by atoms with Gasteiger partial charge in [-0.05, 0) is 24.3 Å². The summed E-state index contributed by atoms with van der Waals surface area (Å²) in [5.74, 6) is 1.12. The Bertz CT molecular complexity index is 713. The average Bonchev–Trinajstić information content (AvgIpc) is 2.87. The lowest BCUT2D eigenvalue weighted by Crippen LogP contribution is -2.44. The van der Waals surface area contributed by atoms with Crippen LogP contribution in [0.1, 0.15) is 19.3 Å². The average molecular weight is 375 g/mol. The maximum Gasteiger partial charge on any atom is 0.326 e. The quantitative estimate of drug-likeness (QED) is 0.726. The summed E-state index contributed by atoms with van der Waals surface area (Å²) in [7, 11) is 4.61. The van der Waals surface area contributed by atoms with Crippen LogP contribution >= 0.6 is 0 Å². The van der Waals surface area contributed by atoms with Crippen LogP contribution in [-0.4, -0.2) is 79.0 Å². The number of carbonyl (C=O) groups excluding carboxylic acids is 3. The maximum atomic E-state index is 12.6. The van der Waals surface area contributed by atoms with Crippen molar-refractivity contribution in [2.75, 3.05) is 34.3 Å². The molecule has 2 aliphatic rings. The van der Waals surface area contributed by atoms with E-state index in [2.05, 4.69) is 0 Å². The summed E-state index contributed by atoms with van der Waals surface area (Å²) in [4.78, 5) is 40.6. The molecule has 0 saturated carbocycles. The Morgan fingerprint density at radius 1 is 1.07 bits per heavy atom. The fourth-order valence-corrected chi connectivity index (χ4v) is 3.44. The van der Waals surface area contributed by atoms with Gasteiger partial charge in [-0.3, -0.25) is 14.5 Å². The Morgan fingerprint density at radius 3 is 2.19 bits per heavy atom. The van der Waals surface area contributed by atoms with Crippen LogP contribution in [0.4, 0.5) is 4.79 Å². The van der Waals surface area contributed by atoms with E-state index in [0.717, 1.165) is 29.2 Å². The molecule has 0 N–H and O–H groups in total. The molecule has 2 heterocycles. The second-order valence-electron chi connectivity index (χ2n) is 6.88. The van der Waals surface area contributed by atoms with E-state index in [-0.39, 0.29) is 30.4 Å². The molecule has 8 heteroatoms. The van der Waals surface area contributed by atoms with Gasteiger partial charge in [0.05, 0.1) is 13.5 Å². The third kappa shape index (κ3) is 3.99. The summed E-state index contributed by atoms with van der Waals surface area (Å²) < 4.78 is 11.1. The van der Waals surface area contributed by atoms with Gasteiger partial charge in [-0.2, -0.15) is 0 Å². The summed E-state index contributed by atoms with van der Waals surface area (Å²) in [5, 5.41) is 0. The Labute approximate surface area is 158 Å². The van der Waals surface area contributed by atoms with Crippen molar-refractivity contribution in [3.05, 3.63) is 24.3 Å². The lowest BCUT2D eigenvalue weighted by atomic mass is 10.1. The van der Waals surface area contributed by atoms with Crippen LogP contribution in [0.3, 0.4) is 0 Å². The van der Waals surface area contributed by atoms with Crippen molar-refractivity contribution >= 4 is 17.8 Å². The number of hydrogen-bond acceptors (Lipinski definition) is 5. The molecule has 2 fully saturated rings. The fourth-order valence-electron chi connectivity index (χ4n) is 3.44. The van der Waals surface area contributed by atoms with Gasteiger partial charge in [-0.25, -0.2) is 4.79 Å². The van der Waals surface area contributed by atoms with Crippen molar-refractivity contribution in [2.24, 2.45) is 0 Å². The zero-order chi connectivity index (χ0) is 19.6. The van der Waals surface area contributed by atoms with Crippen LogP contribution in [0.15, 0.2) is 24.3 Å². The van der Waals surface area contributed by atoms with Crippen molar-refractivity contribution in [2.45, 2.75) is 31.4 Å². The van der Waals surface area contributed by atoms with E-state index in [1.807, 2.05) is 24.3 Å². The molecule has 1 aromatic rings. The minimum Gasteiger partial charge on any atom is -0.497 e. The van der Waals surface area contributed by atoms with E-state index in [4.69, 9.17) is 9.47 Å². The van der Waals surface area contributed by atoms with E-state index >= 15 is 0 Å². The summed E-state index contributed by atoms with van der Waals surface area (Å²) in [5.41, 5.74) is 0. The first-order valence-electron chi connectivity index (χ1n) is 9.03. The number of nitrogens with zero attached hydrogens (tertiary/aromatic N) is 3. The van der Waals surface area contributed by atoms with Crippen molar-refractivity contribution in [3.8, 4) is 11.5 Å². The minimum atomic E-state index is -0.705. The number of amides is 4. The summed E-state index contributed by atoms with van der Waals surface area (Å²) in [6, 6.07) is 6.35. The highest BCUT2D eigenvalue weighted by Crippen LogP contribution is 2.23. The molecule has 1 aromatic carbocycles. The molecule has 1 unspecified atom stereocenters. The number of hydrogen-bond donors (Lipinski definition) is 0. The van der Waals surface area contributed by atoms with Crippen LogP contribution in [0.5, 0.6) is 11.5 Å². The van der Waals surface area contributed by atoms with Gasteiger partial charge in [0.1, 0.15) is 23.6 Å². The predicted molar refractivity (Wildman–Crippen MR) is 97.6 cm³/mol. The largest absolute Gasteiger partial charge is 0.497 e. The number of piperidine rings is 1. The molecule has 2 saturated heterocycles. The van der Waals surface area contributed by atoms with E-state index < -0.39 is 6.04 Å². The number of likely N-dealkylation sites (N-methyl/N-ethyl adjacent to an activating group) is 2. The van der Waals surface area contributed by atoms with Gasteiger partial charge in [0.15, 0.2) is 0 Å². The van der Waals surface area contributed by atoms with E-state index in [1.165, 1.54) is 11.9 Å². The van der Waals surface area contributed by atoms with Crippen LogP contribution in [0.2, 0.25) is 0 Å². The van der Waals surface area contributed by atoms with E-state index in [9.17, 15) is 14.4 Å². The molecule has 0 radical (unpaired) electrons. The first-order chi connectivity index (χ1) is 12.9. The molecule has 146 valence electrons. The normalized spacial score (nSPS) is 21.0. The summed E-state index contributed by atoms with van der Waals surface area (Å²) >= 11 is 0. The molecule has 1 atom stereocenters. The number of carbonyl (C=O) groups is 3. The molecule has 0 spiro atoms. The first-order valence-corrected chi connectivity index (χ1v) is 9.03. The number of likely N-dealkylation sites (tertiary alicyclic amines) is 1. The Kier molecular flexibility index (Phi) is 5.53. The molecule has 0 bridgehead atoms. The lowest BCUT2D eigenvalue weighted by Gasteiger charge is -2.33. The molecule has 8 nitrogen and oxygen atoms in total. The van der Waals surface area contributed by atoms with Crippen molar-refractivity contribution in [1.82, 2.24) is 14.7 Å². The van der Waals surface area contributed by atoms with Gasteiger partial charge in [0.25, 0.3) is 5.91 Å². The number of methoxy groups -OCH3 is 1. The fraction of sp³-hybridized carbons (Fsp3) is 0.526. The summed E-state index contributed by atoms with van der Waals surface area (Å²) in [6.07, 6.45) is 1.52. The van der Waals surface area contributed by atoms with Crippen LogP contribution in [-0.2, 0) is 9.59 Å². The van der Waals surface area contributed by atoms with Gasteiger partial charge in [-0.1, -0.05) is 0 Å². The number of imide groups is 1. The van der Waals surface area contributed by atoms with Crippen LogP contribution in [0, 0.1) is 0 Å². The second-order valence-corrected chi connectivity index (χ2v) is 6.88. The maximum absolute atomic E-state index is 12.6. The monoisotopic (exact) mass is 375 g/mol. The van der Waals surface area contributed by atoms with Crippen molar-refractivity contribution in [1.29, 1.82) is 0 Å². The molecule has 0 aliphatic carbocycles. The molecule has 0 aromatic heterocycles. The summed E-state index contributed by atoms with van der Waals surface area (Å²) in [6.45, 7) is 1.15. The predicted octanol–water partition coefficient (Wildman–Crippen LogP) is 1.35. The van der Waals surface area contributed by atoms with Gasteiger partial charge in [0.2, 0.25) is 5.91 Å².